The molecule has 4 rings (SSSR count). The minimum atomic E-state index is -0.822. The zero-order valence-corrected chi connectivity index (χ0v) is 16.3. The number of piperidine rings is 1. The number of hydrogen-bond donors (Lipinski definition) is 2. The Bertz CT molecular complexity index is 1070. The van der Waals surface area contributed by atoms with Crippen molar-refractivity contribution in [3.63, 3.8) is 0 Å². The van der Waals surface area contributed by atoms with Gasteiger partial charge in [0.2, 0.25) is 0 Å². The van der Waals surface area contributed by atoms with Gasteiger partial charge in [-0.2, -0.15) is 5.10 Å². The molecule has 6 nitrogen and oxygen atoms in total. The highest BCUT2D eigenvalue weighted by atomic mass is 19.1. The van der Waals surface area contributed by atoms with Crippen molar-refractivity contribution in [2.24, 2.45) is 0 Å². The molecule has 1 fully saturated rings. The lowest BCUT2D eigenvalue weighted by atomic mass is 10.0. The van der Waals surface area contributed by atoms with Crippen LogP contribution >= 0.6 is 0 Å². The van der Waals surface area contributed by atoms with E-state index in [4.69, 9.17) is 5.73 Å². The summed E-state index contributed by atoms with van der Waals surface area (Å²) in [6, 6.07) is 10.3. The van der Waals surface area contributed by atoms with Gasteiger partial charge in [-0.3, -0.25) is 9.69 Å². The van der Waals surface area contributed by atoms with Crippen LogP contribution in [0.2, 0.25) is 0 Å². The van der Waals surface area contributed by atoms with E-state index in [1.54, 1.807) is 6.07 Å². The van der Waals surface area contributed by atoms with Crippen molar-refractivity contribution in [3.05, 3.63) is 77.0 Å². The number of nitrogen functional groups attached to an aromatic ring is 1. The number of likely N-dealkylation sites (tertiary alicyclic amines) is 1. The molecule has 156 valence electrons. The van der Waals surface area contributed by atoms with Crippen molar-refractivity contribution in [3.8, 4) is 5.69 Å². The average molecular weight is 412 g/mol. The number of rotatable bonds is 5. The Labute approximate surface area is 172 Å². The Morgan fingerprint density at radius 3 is 2.67 bits per heavy atom. The first-order chi connectivity index (χ1) is 14.4. The minimum Gasteiger partial charge on any atom is -0.393 e. The Morgan fingerprint density at radius 2 is 1.93 bits per heavy atom. The van der Waals surface area contributed by atoms with Crippen LogP contribution in [-0.2, 0) is 6.54 Å². The summed E-state index contributed by atoms with van der Waals surface area (Å²) in [6.07, 6.45) is 2.54. The SMILES string of the molecule is Nc1c(C(=O)c2cccc(CN3CCC(O)CC3)c2)cnn1-c1ccc(F)cc1F. The number of carbonyl (C=O) groups excluding carboxylic acids is 1. The van der Waals surface area contributed by atoms with Crippen molar-refractivity contribution in [2.75, 3.05) is 18.8 Å². The summed E-state index contributed by atoms with van der Waals surface area (Å²) in [5.41, 5.74) is 7.62. The van der Waals surface area contributed by atoms with E-state index in [0.717, 1.165) is 48.3 Å². The summed E-state index contributed by atoms with van der Waals surface area (Å²) in [5, 5.41) is 13.7. The second-order valence-corrected chi connectivity index (χ2v) is 7.49. The predicted molar refractivity (Wildman–Crippen MR) is 108 cm³/mol. The fourth-order valence-electron chi connectivity index (χ4n) is 3.68. The van der Waals surface area contributed by atoms with Crippen LogP contribution in [0.25, 0.3) is 5.69 Å². The van der Waals surface area contributed by atoms with Gasteiger partial charge in [-0.25, -0.2) is 13.5 Å². The summed E-state index contributed by atoms with van der Waals surface area (Å²) in [7, 11) is 0. The van der Waals surface area contributed by atoms with Gasteiger partial charge in [0.1, 0.15) is 17.3 Å². The normalized spacial score (nSPS) is 15.4. The van der Waals surface area contributed by atoms with Gasteiger partial charge in [0, 0.05) is 31.3 Å². The third kappa shape index (κ3) is 4.10. The van der Waals surface area contributed by atoms with Gasteiger partial charge in [0.25, 0.3) is 0 Å². The van der Waals surface area contributed by atoms with E-state index in [1.165, 1.54) is 12.3 Å². The standard InChI is InChI=1S/C22H22F2N4O2/c23-16-4-5-20(19(24)11-16)28-22(25)18(12-26-28)21(30)15-3-1-2-14(10-15)13-27-8-6-17(29)7-9-27/h1-5,10-12,17,29H,6-9,13,25H2. The fraction of sp³-hybridized carbons (Fsp3) is 0.273. The number of anilines is 1. The molecule has 1 aromatic heterocycles. The average Bonchev–Trinajstić information content (AvgIpc) is 3.10. The molecule has 1 aliphatic heterocycles. The van der Waals surface area contributed by atoms with Gasteiger partial charge in [-0.1, -0.05) is 18.2 Å². The molecule has 0 unspecified atom stereocenters. The maximum Gasteiger partial charge on any atom is 0.198 e. The quantitative estimate of drug-likeness (QED) is 0.630. The van der Waals surface area contributed by atoms with Crippen LogP contribution in [0.3, 0.4) is 0 Å². The van der Waals surface area contributed by atoms with Gasteiger partial charge < -0.3 is 10.8 Å². The van der Waals surface area contributed by atoms with Gasteiger partial charge in [-0.15, -0.1) is 0 Å². The molecule has 3 N–H and O–H groups in total. The monoisotopic (exact) mass is 412 g/mol. The summed E-state index contributed by atoms with van der Waals surface area (Å²) in [6.45, 7) is 2.30. The zero-order chi connectivity index (χ0) is 21.3. The first kappa shape index (κ1) is 20.2. The highest BCUT2D eigenvalue weighted by Crippen LogP contribution is 2.23. The van der Waals surface area contributed by atoms with Gasteiger partial charge in [0.15, 0.2) is 11.6 Å². The van der Waals surface area contributed by atoms with Crippen LogP contribution in [0.4, 0.5) is 14.6 Å². The summed E-state index contributed by atoms with van der Waals surface area (Å²) < 4.78 is 28.3. The second kappa shape index (κ2) is 8.33. The number of nitrogens with zero attached hydrogens (tertiary/aromatic N) is 3. The molecule has 1 saturated heterocycles. The first-order valence-corrected chi connectivity index (χ1v) is 9.75. The van der Waals surface area contributed by atoms with E-state index in [0.29, 0.717) is 12.1 Å². The zero-order valence-electron chi connectivity index (χ0n) is 16.3. The van der Waals surface area contributed by atoms with Crippen LogP contribution in [0, 0.1) is 11.6 Å². The minimum absolute atomic E-state index is 0.0130. The van der Waals surface area contributed by atoms with Crippen molar-refractivity contribution >= 4 is 11.6 Å². The number of aliphatic hydroxyl groups is 1. The van der Waals surface area contributed by atoms with E-state index in [1.807, 2.05) is 18.2 Å². The largest absolute Gasteiger partial charge is 0.393 e. The number of nitrogens with two attached hydrogens (primary N) is 1. The van der Waals surface area contributed by atoms with Crippen molar-refractivity contribution in [2.45, 2.75) is 25.5 Å². The number of ketones is 1. The third-order valence-corrected chi connectivity index (χ3v) is 5.34. The second-order valence-electron chi connectivity index (χ2n) is 7.49. The highest BCUT2D eigenvalue weighted by Gasteiger charge is 2.21. The molecule has 0 amide bonds. The number of carbonyl (C=O) groups is 1. The van der Waals surface area contributed by atoms with Crippen LogP contribution < -0.4 is 5.73 Å². The predicted octanol–water partition coefficient (Wildman–Crippen LogP) is 2.92. The summed E-state index contributed by atoms with van der Waals surface area (Å²) in [5.74, 6) is -1.87. The number of hydrogen-bond acceptors (Lipinski definition) is 5. The number of benzene rings is 2. The molecule has 2 aromatic carbocycles. The Balaban J connectivity index is 1.56. The molecule has 0 bridgehead atoms. The maximum absolute atomic E-state index is 14.1. The van der Waals surface area contributed by atoms with E-state index in [9.17, 15) is 18.7 Å². The molecule has 30 heavy (non-hydrogen) atoms. The van der Waals surface area contributed by atoms with Crippen LogP contribution in [0.5, 0.6) is 0 Å². The number of aromatic nitrogens is 2. The van der Waals surface area contributed by atoms with E-state index in [-0.39, 0.29) is 29.0 Å². The van der Waals surface area contributed by atoms with Crippen molar-refractivity contribution in [1.82, 2.24) is 14.7 Å². The van der Waals surface area contributed by atoms with Crippen LogP contribution in [0.1, 0.15) is 34.3 Å². The molecular formula is C22H22F2N4O2. The number of halogens is 2. The third-order valence-electron chi connectivity index (χ3n) is 5.34. The molecular weight excluding hydrogens is 390 g/mol. The van der Waals surface area contributed by atoms with Crippen molar-refractivity contribution in [1.29, 1.82) is 0 Å². The molecule has 0 saturated carbocycles. The topological polar surface area (TPSA) is 84.4 Å². The molecule has 0 spiro atoms. The van der Waals surface area contributed by atoms with Crippen LogP contribution in [-0.4, -0.2) is 44.8 Å². The lowest BCUT2D eigenvalue weighted by Gasteiger charge is -2.29. The molecule has 8 heteroatoms. The number of aliphatic hydroxyl groups excluding tert-OH is 1. The Morgan fingerprint density at radius 1 is 1.17 bits per heavy atom. The highest BCUT2D eigenvalue weighted by molar-refractivity contribution is 6.11. The van der Waals surface area contributed by atoms with Gasteiger partial charge >= 0.3 is 0 Å². The van der Waals surface area contributed by atoms with E-state index < -0.39 is 11.6 Å². The fourth-order valence-corrected chi connectivity index (χ4v) is 3.68. The van der Waals surface area contributed by atoms with Gasteiger partial charge in [-0.05, 0) is 36.6 Å². The molecule has 0 atom stereocenters. The molecule has 0 aliphatic carbocycles. The molecule has 1 aliphatic rings. The van der Waals surface area contributed by atoms with Gasteiger partial charge in [0.05, 0.1) is 17.9 Å². The lowest BCUT2D eigenvalue weighted by molar-refractivity contribution is 0.0792. The Kier molecular flexibility index (Phi) is 5.61. The smallest absolute Gasteiger partial charge is 0.198 e. The van der Waals surface area contributed by atoms with Crippen LogP contribution in [0.15, 0.2) is 48.7 Å². The van der Waals surface area contributed by atoms with E-state index >= 15 is 0 Å². The molecule has 3 aromatic rings. The molecule has 2 heterocycles. The Hall–Kier alpha value is -3.10. The summed E-state index contributed by atoms with van der Waals surface area (Å²) >= 11 is 0. The maximum atomic E-state index is 14.1. The summed E-state index contributed by atoms with van der Waals surface area (Å²) in [4.78, 5) is 15.2. The van der Waals surface area contributed by atoms with E-state index in [2.05, 4.69) is 10.00 Å². The first-order valence-electron chi connectivity index (χ1n) is 9.75. The lowest BCUT2D eigenvalue weighted by Crippen LogP contribution is -2.35. The molecule has 0 radical (unpaired) electrons. The van der Waals surface area contributed by atoms with Crippen molar-refractivity contribution < 1.29 is 18.7 Å².